The van der Waals surface area contributed by atoms with E-state index in [1.165, 1.54) is 11.5 Å². The zero-order valence-electron chi connectivity index (χ0n) is 11.1. The number of nitrogens with two attached hydrogens (primary N) is 1. The highest BCUT2D eigenvalue weighted by molar-refractivity contribution is 7.05. The molecule has 5 nitrogen and oxygen atoms in total. The van der Waals surface area contributed by atoms with Crippen LogP contribution in [0, 0.1) is 0 Å². The van der Waals surface area contributed by atoms with Gasteiger partial charge in [0.1, 0.15) is 0 Å². The van der Waals surface area contributed by atoms with Crippen LogP contribution < -0.4 is 5.73 Å². The molecule has 6 heteroatoms. The largest absolute Gasteiger partial charge is 0.318 e. The highest BCUT2D eigenvalue weighted by Crippen LogP contribution is 2.26. The number of para-hydroxylation sites is 1. The molecule has 2 aromatic heterocycles. The predicted octanol–water partition coefficient (Wildman–Crippen LogP) is 2.33. The summed E-state index contributed by atoms with van der Waals surface area (Å²) in [6, 6.07) is 11.7. The SMILES string of the molecule is CCc1nnsc1C(N)c1ccnn1-c1ccccc1. The van der Waals surface area contributed by atoms with Crippen molar-refractivity contribution in [3.8, 4) is 5.69 Å². The third kappa shape index (κ3) is 2.23. The van der Waals surface area contributed by atoms with Crippen molar-refractivity contribution in [1.82, 2.24) is 19.4 Å². The van der Waals surface area contributed by atoms with Gasteiger partial charge in [0.2, 0.25) is 0 Å². The van der Waals surface area contributed by atoms with Gasteiger partial charge < -0.3 is 5.73 Å². The molecule has 0 fully saturated rings. The molecule has 102 valence electrons. The van der Waals surface area contributed by atoms with Gasteiger partial charge in [-0.3, -0.25) is 0 Å². The Kier molecular flexibility index (Phi) is 3.58. The molecule has 2 N–H and O–H groups in total. The molecule has 0 saturated heterocycles. The summed E-state index contributed by atoms with van der Waals surface area (Å²) < 4.78 is 5.87. The first-order chi connectivity index (χ1) is 9.81. The van der Waals surface area contributed by atoms with Gasteiger partial charge in [-0.2, -0.15) is 5.10 Å². The fourth-order valence-electron chi connectivity index (χ4n) is 2.17. The van der Waals surface area contributed by atoms with Crippen LogP contribution in [0.2, 0.25) is 0 Å². The Balaban J connectivity index is 2.02. The number of aromatic nitrogens is 4. The number of benzene rings is 1. The summed E-state index contributed by atoms with van der Waals surface area (Å²) in [7, 11) is 0. The van der Waals surface area contributed by atoms with Crippen LogP contribution in [0.3, 0.4) is 0 Å². The van der Waals surface area contributed by atoms with Crippen molar-refractivity contribution in [2.24, 2.45) is 5.73 Å². The summed E-state index contributed by atoms with van der Waals surface area (Å²) >= 11 is 1.36. The summed E-state index contributed by atoms with van der Waals surface area (Å²) in [6.45, 7) is 2.06. The molecule has 1 unspecified atom stereocenters. The van der Waals surface area contributed by atoms with Crippen molar-refractivity contribution in [2.45, 2.75) is 19.4 Å². The maximum absolute atomic E-state index is 6.39. The van der Waals surface area contributed by atoms with Gasteiger partial charge in [-0.05, 0) is 36.2 Å². The van der Waals surface area contributed by atoms with Gasteiger partial charge in [0.05, 0.1) is 28.0 Å². The number of hydrogen-bond donors (Lipinski definition) is 1. The molecule has 0 radical (unpaired) electrons. The lowest BCUT2D eigenvalue weighted by molar-refractivity contribution is 0.739. The van der Waals surface area contributed by atoms with Gasteiger partial charge in [-0.1, -0.05) is 29.6 Å². The van der Waals surface area contributed by atoms with Crippen LogP contribution in [0.4, 0.5) is 0 Å². The highest BCUT2D eigenvalue weighted by Gasteiger charge is 2.20. The number of aryl methyl sites for hydroxylation is 1. The summed E-state index contributed by atoms with van der Waals surface area (Å²) in [5.74, 6) is 0. The first kappa shape index (κ1) is 13.0. The molecule has 2 heterocycles. The van der Waals surface area contributed by atoms with Crippen molar-refractivity contribution in [2.75, 3.05) is 0 Å². The van der Waals surface area contributed by atoms with E-state index >= 15 is 0 Å². The highest BCUT2D eigenvalue weighted by atomic mass is 32.1. The van der Waals surface area contributed by atoms with E-state index in [9.17, 15) is 0 Å². The monoisotopic (exact) mass is 285 g/mol. The Hall–Kier alpha value is -2.05. The average Bonchev–Trinajstić information content (AvgIpc) is 3.16. The Morgan fingerprint density at radius 1 is 1.25 bits per heavy atom. The van der Waals surface area contributed by atoms with E-state index in [0.29, 0.717) is 0 Å². The van der Waals surface area contributed by atoms with E-state index in [2.05, 4.69) is 21.6 Å². The third-order valence-corrected chi connectivity index (χ3v) is 4.04. The molecule has 0 bridgehead atoms. The van der Waals surface area contributed by atoms with Crippen LogP contribution >= 0.6 is 11.5 Å². The molecule has 0 saturated carbocycles. The van der Waals surface area contributed by atoms with E-state index in [0.717, 1.165) is 28.4 Å². The maximum Gasteiger partial charge on any atom is 0.0856 e. The summed E-state index contributed by atoms with van der Waals surface area (Å²) in [6.07, 6.45) is 2.60. The van der Waals surface area contributed by atoms with Crippen molar-refractivity contribution in [3.05, 3.63) is 58.9 Å². The van der Waals surface area contributed by atoms with Crippen LogP contribution in [-0.4, -0.2) is 19.4 Å². The normalized spacial score (nSPS) is 12.5. The second-order valence-electron chi connectivity index (χ2n) is 4.42. The third-order valence-electron chi connectivity index (χ3n) is 3.19. The van der Waals surface area contributed by atoms with Crippen LogP contribution in [-0.2, 0) is 6.42 Å². The number of rotatable bonds is 4. The molecular formula is C14H15N5S. The lowest BCUT2D eigenvalue weighted by Gasteiger charge is -2.13. The van der Waals surface area contributed by atoms with E-state index in [-0.39, 0.29) is 6.04 Å². The Labute approximate surface area is 121 Å². The lowest BCUT2D eigenvalue weighted by atomic mass is 10.1. The van der Waals surface area contributed by atoms with Gasteiger partial charge in [0.25, 0.3) is 0 Å². The van der Waals surface area contributed by atoms with E-state index in [1.807, 2.05) is 41.1 Å². The molecule has 0 aliphatic rings. The number of hydrogen-bond acceptors (Lipinski definition) is 5. The molecule has 0 aliphatic carbocycles. The lowest BCUT2D eigenvalue weighted by Crippen LogP contribution is -2.17. The minimum atomic E-state index is -0.257. The average molecular weight is 285 g/mol. The molecule has 0 aliphatic heterocycles. The van der Waals surface area contributed by atoms with E-state index in [1.54, 1.807) is 6.20 Å². The summed E-state index contributed by atoms with van der Waals surface area (Å²) in [4.78, 5) is 1.00. The van der Waals surface area contributed by atoms with E-state index < -0.39 is 0 Å². The molecule has 1 aromatic carbocycles. The quantitative estimate of drug-likeness (QED) is 0.798. The van der Waals surface area contributed by atoms with Crippen molar-refractivity contribution < 1.29 is 0 Å². The topological polar surface area (TPSA) is 69.6 Å². The first-order valence-corrected chi connectivity index (χ1v) is 7.24. The minimum Gasteiger partial charge on any atom is -0.318 e. The van der Waals surface area contributed by atoms with Crippen LogP contribution in [0.1, 0.15) is 29.2 Å². The van der Waals surface area contributed by atoms with Crippen molar-refractivity contribution in [3.63, 3.8) is 0 Å². The fourth-order valence-corrected chi connectivity index (χ4v) is 2.92. The fraction of sp³-hybridized carbons (Fsp3) is 0.214. The standard InChI is InChI=1S/C14H15N5S/c1-2-11-14(20-18-17-11)13(15)12-8-9-16-19(12)10-6-4-3-5-7-10/h3-9,13H,2,15H2,1H3. The Morgan fingerprint density at radius 2 is 2.05 bits per heavy atom. The van der Waals surface area contributed by atoms with Gasteiger partial charge in [0, 0.05) is 6.20 Å². The second kappa shape index (κ2) is 5.52. The minimum absolute atomic E-state index is 0.257. The zero-order chi connectivity index (χ0) is 13.9. The number of nitrogens with zero attached hydrogens (tertiary/aromatic N) is 4. The molecule has 0 spiro atoms. The summed E-state index contributed by atoms with van der Waals surface area (Å²) in [5.41, 5.74) is 9.29. The van der Waals surface area contributed by atoms with Crippen molar-refractivity contribution in [1.29, 1.82) is 0 Å². The molecule has 0 amide bonds. The van der Waals surface area contributed by atoms with Gasteiger partial charge in [-0.25, -0.2) is 4.68 Å². The first-order valence-electron chi connectivity index (χ1n) is 6.47. The van der Waals surface area contributed by atoms with Crippen LogP contribution in [0.5, 0.6) is 0 Å². The van der Waals surface area contributed by atoms with Crippen molar-refractivity contribution >= 4 is 11.5 Å². The molecular weight excluding hydrogens is 270 g/mol. The molecule has 1 atom stereocenters. The zero-order valence-corrected chi connectivity index (χ0v) is 11.9. The maximum atomic E-state index is 6.39. The van der Waals surface area contributed by atoms with E-state index in [4.69, 9.17) is 5.73 Å². The van der Waals surface area contributed by atoms with Crippen LogP contribution in [0.25, 0.3) is 5.69 Å². The van der Waals surface area contributed by atoms with Crippen LogP contribution in [0.15, 0.2) is 42.6 Å². The Bertz CT molecular complexity index is 688. The smallest absolute Gasteiger partial charge is 0.0856 e. The van der Waals surface area contributed by atoms with Gasteiger partial charge in [-0.15, -0.1) is 5.10 Å². The van der Waals surface area contributed by atoms with Gasteiger partial charge in [0.15, 0.2) is 0 Å². The Morgan fingerprint density at radius 3 is 2.80 bits per heavy atom. The molecule has 3 rings (SSSR count). The second-order valence-corrected chi connectivity index (χ2v) is 5.20. The molecule has 3 aromatic rings. The summed E-state index contributed by atoms with van der Waals surface area (Å²) in [5, 5.41) is 8.50. The van der Waals surface area contributed by atoms with Gasteiger partial charge >= 0.3 is 0 Å². The molecule has 20 heavy (non-hydrogen) atoms. The predicted molar refractivity (Wildman–Crippen MR) is 78.9 cm³/mol.